The van der Waals surface area contributed by atoms with Gasteiger partial charge >= 0.3 is 0 Å². The number of hydrogen-bond acceptors (Lipinski definition) is 4. The zero-order valence-electron chi connectivity index (χ0n) is 12.2. The molecule has 1 aromatic rings. The first-order valence-electron chi connectivity index (χ1n) is 7.16. The van der Waals surface area contributed by atoms with Crippen molar-refractivity contribution in [3.63, 3.8) is 0 Å². The predicted octanol–water partition coefficient (Wildman–Crippen LogP) is 1.91. The van der Waals surface area contributed by atoms with E-state index in [0.717, 1.165) is 31.4 Å². The molecule has 106 valence electrons. The molecular formula is C15H25N3O. The second-order valence-electron chi connectivity index (χ2n) is 5.26. The summed E-state index contributed by atoms with van der Waals surface area (Å²) in [5.41, 5.74) is 1.18. The monoisotopic (exact) mass is 263 g/mol. The van der Waals surface area contributed by atoms with Crippen LogP contribution in [0.5, 0.6) is 5.88 Å². The second kappa shape index (κ2) is 6.87. The molecule has 0 bridgehead atoms. The summed E-state index contributed by atoms with van der Waals surface area (Å²) in [5, 5.41) is 3.45. The third kappa shape index (κ3) is 3.45. The lowest BCUT2D eigenvalue weighted by molar-refractivity contribution is 0.131. The Morgan fingerprint density at radius 3 is 3.05 bits per heavy atom. The summed E-state index contributed by atoms with van der Waals surface area (Å²) < 4.78 is 5.33. The van der Waals surface area contributed by atoms with Crippen molar-refractivity contribution >= 4 is 0 Å². The molecule has 2 unspecified atom stereocenters. The van der Waals surface area contributed by atoms with Crippen LogP contribution in [-0.2, 0) is 6.54 Å². The molecule has 0 aliphatic carbocycles. The van der Waals surface area contributed by atoms with E-state index in [0.29, 0.717) is 6.04 Å². The number of ether oxygens (including phenoxy) is 1. The first kappa shape index (κ1) is 14.3. The predicted molar refractivity (Wildman–Crippen MR) is 77.3 cm³/mol. The van der Waals surface area contributed by atoms with Crippen molar-refractivity contribution in [3.05, 3.63) is 23.9 Å². The van der Waals surface area contributed by atoms with Crippen LogP contribution < -0.4 is 10.1 Å². The Morgan fingerprint density at radius 1 is 1.53 bits per heavy atom. The van der Waals surface area contributed by atoms with Crippen molar-refractivity contribution in [1.29, 1.82) is 0 Å². The van der Waals surface area contributed by atoms with E-state index in [4.69, 9.17) is 4.74 Å². The van der Waals surface area contributed by atoms with Gasteiger partial charge in [-0.2, -0.15) is 0 Å². The van der Waals surface area contributed by atoms with Gasteiger partial charge in [-0.3, -0.25) is 4.90 Å². The molecule has 1 aliphatic heterocycles. The average Bonchev–Trinajstić information content (AvgIpc) is 2.47. The molecule has 0 aromatic carbocycles. The maximum atomic E-state index is 5.33. The Hall–Kier alpha value is -1.13. The van der Waals surface area contributed by atoms with Gasteiger partial charge in [-0.05, 0) is 32.0 Å². The maximum absolute atomic E-state index is 5.33. The summed E-state index contributed by atoms with van der Waals surface area (Å²) in [6, 6.07) is 4.75. The summed E-state index contributed by atoms with van der Waals surface area (Å²) >= 11 is 0. The molecule has 0 saturated carbocycles. The Bertz CT molecular complexity index is 397. The number of hydrogen-bond donors (Lipinski definition) is 1. The fourth-order valence-corrected chi connectivity index (χ4v) is 3.01. The van der Waals surface area contributed by atoms with Crippen molar-refractivity contribution in [1.82, 2.24) is 15.2 Å². The van der Waals surface area contributed by atoms with Crippen LogP contribution in [0.25, 0.3) is 0 Å². The van der Waals surface area contributed by atoms with Gasteiger partial charge in [0.05, 0.1) is 7.11 Å². The first-order valence-corrected chi connectivity index (χ1v) is 7.16. The Balaban J connectivity index is 2.00. The van der Waals surface area contributed by atoms with Crippen LogP contribution in [0.2, 0.25) is 0 Å². The number of rotatable bonds is 5. The maximum Gasteiger partial charge on any atom is 0.217 e. The highest BCUT2D eigenvalue weighted by molar-refractivity contribution is 5.25. The van der Waals surface area contributed by atoms with Crippen molar-refractivity contribution in [2.45, 2.75) is 32.4 Å². The fourth-order valence-electron chi connectivity index (χ4n) is 3.01. The summed E-state index contributed by atoms with van der Waals surface area (Å²) in [6.45, 7) is 5.51. The Morgan fingerprint density at radius 2 is 2.37 bits per heavy atom. The van der Waals surface area contributed by atoms with E-state index in [2.05, 4.69) is 35.2 Å². The van der Waals surface area contributed by atoms with E-state index in [1.54, 1.807) is 13.3 Å². The molecule has 1 N–H and O–H groups in total. The lowest BCUT2D eigenvalue weighted by Gasteiger charge is -2.38. The van der Waals surface area contributed by atoms with E-state index < -0.39 is 0 Å². The summed E-state index contributed by atoms with van der Waals surface area (Å²) in [5.74, 6) is 1.49. The summed E-state index contributed by atoms with van der Waals surface area (Å²) in [6.07, 6.45) is 4.23. The molecule has 0 amide bonds. The van der Waals surface area contributed by atoms with E-state index in [-0.39, 0.29) is 0 Å². The van der Waals surface area contributed by atoms with E-state index in [1.807, 2.05) is 6.07 Å². The van der Waals surface area contributed by atoms with Gasteiger partial charge in [0.15, 0.2) is 0 Å². The molecule has 2 rings (SSSR count). The number of pyridine rings is 1. The Kier molecular flexibility index (Phi) is 5.16. The summed E-state index contributed by atoms with van der Waals surface area (Å²) in [7, 11) is 3.76. The van der Waals surface area contributed by atoms with Crippen LogP contribution in [0.1, 0.15) is 25.3 Å². The number of nitrogens with zero attached hydrogens (tertiary/aromatic N) is 2. The van der Waals surface area contributed by atoms with Gasteiger partial charge in [0.25, 0.3) is 0 Å². The molecule has 2 atom stereocenters. The van der Waals surface area contributed by atoms with Crippen LogP contribution >= 0.6 is 0 Å². The largest absolute Gasteiger partial charge is 0.481 e. The molecule has 1 aliphatic rings. The molecule has 19 heavy (non-hydrogen) atoms. The lowest BCUT2D eigenvalue weighted by atomic mass is 9.90. The molecule has 0 spiro atoms. The van der Waals surface area contributed by atoms with Gasteiger partial charge in [-0.1, -0.05) is 19.4 Å². The first-order chi connectivity index (χ1) is 9.28. The zero-order valence-corrected chi connectivity index (χ0v) is 12.2. The third-order valence-electron chi connectivity index (χ3n) is 4.15. The molecule has 4 heteroatoms. The second-order valence-corrected chi connectivity index (χ2v) is 5.26. The minimum Gasteiger partial charge on any atom is -0.481 e. The number of nitrogens with one attached hydrogen (secondary N) is 1. The standard InChI is InChI=1S/C15H25N3O/c1-4-12-10-18(9-7-14(12)16-2)11-13-6-5-8-17-15(13)19-3/h5-6,8,12,14,16H,4,7,9-11H2,1-3H3. The van der Waals surface area contributed by atoms with Crippen LogP contribution in [0, 0.1) is 5.92 Å². The highest BCUT2D eigenvalue weighted by Gasteiger charge is 2.27. The molecule has 2 heterocycles. The molecule has 0 radical (unpaired) electrons. The average molecular weight is 263 g/mol. The van der Waals surface area contributed by atoms with Gasteiger partial charge in [0.1, 0.15) is 0 Å². The normalized spacial score (nSPS) is 24.4. The number of methoxy groups -OCH3 is 1. The highest BCUT2D eigenvalue weighted by atomic mass is 16.5. The SMILES string of the molecule is CCC1CN(Cc2cccnc2OC)CCC1NC. The van der Waals surface area contributed by atoms with Gasteiger partial charge in [0.2, 0.25) is 5.88 Å². The van der Waals surface area contributed by atoms with Crippen LogP contribution in [0.15, 0.2) is 18.3 Å². The topological polar surface area (TPSA) is 37.4 Å². The zero-order chi connectivity index (χ0) is 13.7. The van der Waals surface area contributed by atoms with Crippen molar-refractivity contribution < 1.29 is 4.74 Å². The number of likely N-dealkylation sites (tertiary alicyclic amines) is 1. The van der Waals surface area contributed by atoms with E-state index in [9.17, 15) is 0 Å². The van der Waals surface area contributed by atoms with Gasteiger partial charge in [-0.15, -0.1) is 0 Å². The van der Waals surface area contributed by atoms with Gasteiger partial charge < -0.3 is 10.1 Å². The molecule has 1 aromatic heterocycles. The molecule has 1 saturated heterocycles. The number of piperidine rings is 1. The highest BCUT2D eigenvalue weighted by Crippen LogP contribution is 2.23. The Labute approximate surface area is 116 Å². The van der Waals surface area contributed by atoms with E-state index in [1.165, 1.54) is 18.4 Å². The lowest BCUT2D eigenvalue weighted by Crippen LogP contribution is -2.47. The van der Waals surface area contributed by atoms with Crippen LogP contribution in [0.4, 0.5) is 0 Å². The fraction of sp³-hybridized carbons (Fsp3) is 0.667. The minimum absolute atomic E-state index is 0.664. The summed E-state index contributed by atoms with van der Waals surface area (Å²) in [4.78, 5) is 6.79. The van der Waals surface area contributed by atoms with Crippen molar-refractivity contribution in [2.75, 3.05) is 27.2 Å². The molecule has 1 fully saturated rings. The van der Waals surface area contributed by atoms with Crippen LogP contribution in [-0.4, -0.2) is 43.2 Å². The number of aromatic nitrogens is 1. The smallest absolute Gasteiger partial charge is 0.217 e. The minimum atomic E-state index is 0.664. The van der Waals surface area contributed by atoms with Crippen molar-refractivity contribution in [2.24, 2.45) is 5.92 Å². The van der Waals surface area contributed by atoms with Gasteiger partial charge in [-0.25, -0.2) is 4.98 Å². The van der Waals surface area contributed by atoms with Crippen LogP contribution in [0.3, 0.4) is 0 Å². The van der Waals surface area contributed by atoms with Gasteiger partial charge in [0, 0.05) is 30.9 Å². The third-order valence-corrected chi connectivity index (χ3v) is 4.15. The van der Waals surface area contributed by atoms with E-state index >= 15 is 0 Å². The van der Waals surface area contributed by atoms with Crippen molar-refractivity contribution in [3.8, 4) is 5.88 Å². The quantitative estimate of drug-likeness (QED) is 0.880. The molecular weight excluding hydrogens is 238 g/mol. The molecule has 4 nitrogen and oxygen atoms in total.